The van der Waals surface area contributed by atoms with Gasteiger partial charge in [0.15, 0.2) is 0 Å². The predicted molar refractivity (Wildman–Crippen MR) is 61.7 cm³/mol. The van der Waals surface area contributed by atoms with Crippen LogP contribution in [0.15, 0.2) is 17.6 Å². The Balaban J connectivity index is 2.42. The highest BCUT2D eigenvalue weighted by atomic mass is 16.5. The molecule has 0 aromatic rings. The molecule has 0 aromatic heterocycles. The fraction of sp³-hybridized carbons (Fsp3) is 0.545. The molecule has 0 aromatic carbocycles. The van der Waals surface area contributed by atoms with E-state index in [9.17, 15) is 0 Å². The van der Waals surface area contributed by atoms with E-state index in [1.165, 1.54) is 6.21 Å². The lowest BCUT2D eigenvalue weighted by Gasteiger charge is -2.27. The monoisotopic (exact) mass is 223 g/mol. The largest absolute Gasteiger partial charge is 0.411 e. The van der Waals surface area contributed by atoms with E-state index >= 15 is 0 Å². The van der Waals surface area contributed by atoms with Crippen LogP contribution in [0.25, 0.3) is 0 Å². The molecule has 0 saturated carbocycles. The lowest BCUT2D eigenvalue weighted by molar-refractivity contribution is -0.00643. The van der Waals surface area contributed by atoms with Crippen molar-refractivity contribution < 1.29 is 9.94 Å². The number of rotatable bonds is 5. The Morgan fingerprint density at radius 2 is 2.44 bits per heavy atom. The summed E-state index contributed by atoms with van der Waals surface area (Å²) in [6, 6.07) is 0. The van der Waals surface area contributed by atoms with Gasteiger partial charge in [0.1, 0.15) is 12.9 Å². The number of oxime groups is 1. The lowest BCUT2D eigenvalue weighted by atomic mass is 10.3. The Morgan fingerprint density at radius 1 is 1.69 bits per heavy atom. The summed E-state index contributed by atoms with van der Waals surface area (Å²) in [7, 11) is 1.90. The summed E-state index contributed by atoms with van der Waals surface area (Å²) in [5.74, 6) is 2.55. The van der Waals surface area contributed by atoms with Crippen molar-refractivity contribution in [2.75, 3.05) is 13.8 Å². The third-order valence-corrected chi connectivity index (χ3v) is 2.36. The first-order valence-corrected chi connectivity index (χ1v) is 5.07. The van der Waals surface area contributed by atoms with Crippen molar-refractivity contribution in [2.24, 2.45) is 5.16 Å². The lowest BCUT2D eigenvalue weighted by Crippen LogP contribution is -2.39. The second-order valence-corrected chi connectivity index (χ2v) is 3.67. The van der Waals surface area contributed by atoms with E-state index in [0.717, 1.165) is 0 Å². The van der Waals surface area contributed by atoms with Crippen LogP contribution >= 0.6 is 0 Å². The molecular formula is C11H17N3O2. The molecule has 0 spiro atoms. The topological polar surface area (TPSA) is 48.3 Å². The maximum absolute atomic E-state index is 8.54. The number of hydrogen-bond acceptors (Lipinski definition) is 5. The summed E-state index contributed by atoms with van der Waals surface area (Å²) in [6.07, 6.45) is 10.9. The van der Waals surface area contributed by atoms with Crippen molar-refractivity contribution in [3.63, 3.8) is 0 Å². The molecule has 1 aliphatic heterocycles. The minimum Gasteiger partial charge on any atom is -0.411 e. The van der Waals surface area contributed by atoms with Crippen LogP contribution in [0.1, 0.15) is 13.3 Å². The molecule has 0 bridgehead atoms. The fourth-order valence-corrected chi connectivity index (χ4v) is 1.41. The molecule has 1 N–H and O–H groups in total. The summed E-state index contributed by atoms with van der Waals surface area (Å²) in [6.45, 7) is 2.35. The molecule has 0 amide bonds. The zero-order valence-electron chi connectivity index (χ0n) is 9.58. The van der Waals surface area contributed by atoms with E-state index in [2.05, 4.69) is 11.1 Å². The van der Waals surface area contributed by atoms with Crippen molar-refractivity contribution in [1.82, 2.24) is 9.80 Å². The van der Waals surface area contributed by atoms with Gasteiger partial charge in [0.25, 0.3) is 0 Å². The first-order chi connectivity index (χ1) is 7.69. The highest BCUT2D eigenvalue weighted by Gasteiger charge is 2.22. The molecule has 0 radical (unpaired) electrons. The van der Waals surface area contributed by atoms with Crippen molar-refractivity contribution in [2.45, 2.75) is 25.6 Å². The van der Waals surface area contributed by atoms with E-state index in [0.29, 0.717) is 13.2 Å². The SMILES string of the molecule is C#CCC(C)OCN1C=CN(C)C1/C=N\O. The van der Waals surface area contributed by atoms with E-state index < -0.39 is 0 Å². The fourth-order valence-electron chi connectivity index (χ4n) is 1.41. The van der Waals surface area contributed by atoms with Crippen LogP contribution in [0.3, 0.4) is 0 Å². The molecule has 5 nitrogen and oxygen atoms in total. The first kappa shape index (κ1) is 12.4. The maximum atomic E-state index is 8.54. The van der Waals surface area contributed by atoms with Gasteiger partial charge < -0.3 is 19.7 Å². The molecular weight excluding hydrogens is 206 g/mol. The normalized spacial score (nSPS) is 21.7. The predicted octanol–water partition coefficient (Wildman–Crippen LogP) is 0.877. The molecule has 1 rings (SSSR count). The standard InChI is InChI=1S/C11H17N3O2/c1-4-5-10(2)16-9-14-7-6-13(3)11(14)8-12-15/h1,6-8,10-11,15H,5,9H2,2-3H3/b12-8-. The van der Waals surface area contributed by atoms with Gasteiger partial charge >= 0.3 is 0 Å². The van der Waals surface area contributed by atoms with Crippen molar-refractivity contribution >= 4 is 6.21 Å². The van der Waals surface area contributed by atoms with Crippen molar-refractivity contribution in [3.8, 4) is 12.3 Å². The summed E-state index contributed by atoms with van der Waals surface area (Å²) < 4.78 is 5.55. The molecule has 0 aliphatic carbocycles. The quantitative estimate of drug-likeness (QED) is 0.325. The first-order valence-electron chi connectivity index (χ1n) is 5.07. The van der Waals surface area contributed by atoms with E-state index in [1.54, 1.807) is 0 Å². The van der Waals surface area contributed by atoms with E-state index in [1.807, 2.05) is 36.2 Å². The minimum atomic E-state index is -0.108. The number of ether oxygens (including phenoxy) is 1. The van der Waals surface area contributed by atoms with Gasteiger partial charge in [-0.25, -0.2) is 0 Å². The number of nitrogens with zero attached hydrogens (tertiary/aromatic N) is 3. The maximum Gasteiger partial charge on any atom is 0.142 e. The minimum absolute atomic E-state index is 0.0241. The second-order valence-electron chi connectivity index (χ2n) is 3.67. The van der Waals surface area contributed by atoms with Gasteiger partial charge in [0.05, 0.1) is 12.3 Å². The molecule has 0 fully saturated rings. The van der Waals surface area contributed by atoms with Crippen LogP contribution in [0.4, 0.5) is 0 Å². The molecule has 5 heteroatoms. The molecule has 1 aliphatic rings. The third kappa shape index (κ3) is 3.17. The summed E-state index contributed by atoms with van der Waals surface area (Å²) in [4.78, 5) is 3.82. The van der Waals surface area contributed by atoms with E-state index in [-0.39, 0.29) is 12.3 Å². The third-order valence-electron chi connectivity index (χ3n) is 2.36. The van der Waals surface area contributed by atoms with Crippen LogP contribution in [0.5, 0.6) is 0 Å². The summed E-state index contributed by atoms with van der Waals surface area (Å²) >= 11 is 0. The molecule has 1 heterocycles. The average molecular weight is 223 g/mol. The zero-order valence-corrected chi connectivity index (χ0v) is 9.58. The Kier molecular flexibility index (Phi) is 4.67. The Morgan fingerprint density at radius 3 is 3.06 bits per heavy atom. The molecule has 2 unspecified atom stereocenters. The average Bonchev–Trinajstić information content (AvgIpc) is 2.59. The molecule has 16 heavy (non-hydrogen) atoms. The van der Waals surface area contributed by atoms with Gasteiger partial charge in [0, 0.05) is 25.9 Å². The zero-order chi connectivity index (χ0) is 12.0. The second kappa shape index (κ2) is 6.03. The van der Waals surface area contributed by atoms with Crippen molar-refractivity contribution in [1.29, 1.82) is 0 Å². The van der Waals surface area contributed by atoms with Gasteiger partial charge in [-0.1, -0.05) is 5.16 Å². The molecule has 0 saturated heterocycles. The van der Waals surface area contributed by atoms with E-state index in [4.69, 9.17) is 16.4 Å². The van der Waals surface area contributed by atoms with Gasteiger partial charge in [-0.05, 0) is 6.92 Å². The van der Waals surface area contributed by atoms with Gasteiger partial charge in [-0.3, -0.25) is 0 Å². The van der Waals surface area contributed by atoms with Gasteiger partial charge in [0.2, 0.25) is 0 Å². The highest BCUT2D eigenvalue weighted by molar-refractivity contribution is 5.64. The van der Waals surface area contributed by atoms with Crippen LogP contribution in [-0.2, 0) is 4.74 Å². The van der Waals surface area contributed by atoms with Gasteiger partial charge in [-0.2, -0.15) is 0 Å². The molecule has 88 valence electrons. The van der Waals surface area contributed by atoms with Gasteiger partial charge in [-0.15, -0.1) is 12.3 Å². The van der Waals surface area contributed by atoms with Crippen LogP contribution in [0.2, 0.25) is 0 Å². The summed E-state index contributed by atoms with van der Waals surface area (Å²) in [5, 5.41) is 11.6. The Hall–Kier alpha value is -1.67. The highest BCUT2D eigenvalue weighted by Crippen LogP contribution is 2.12. The number of terminal acetylenes is 1. The van der Waals surface area contributed by atoms with Crippen molar-refractivity contribution in [3.05, 3.63) is 12.4 Å². The Labute approximate surface area is 96.0 Å². The smallest absolute Gasteiger partial charge is 0.142 e. The van der Waals surface area contributed by atoms with Crippen LogP contribution < -0.4 is 0 Å². The van der Waals surface area contributed by atoms with Crippen LogP contribution in [0, 0.1) is 12.3 Å². The van der Waals surface area contributed by atoms with Crippen LogP contribution in [-0.4, -0.2) is 47.3 Å². The Bertz CT molecular complexity index is 309. The number of hydrogen-bond donors (Lipinski definition) is 1. The summed E-state index contributed by atoms with van der Waals surface area (Å²) in [5.41, 5.74) is 0. The molecule has 2 atom stereocenters.